The van der Waals surface area contributed by atoms with Crippen LogP contribution in [0.2, 0.25) is 0 Å². The predicted molar refractivity (Wildman–Crippen MR) is 70.8 cm³/mol. The highest BCUT2D eigenvalue weighted by atomic mass is 16.5. The molecule has 1 unspecified atom stereocenters. The van der Waals surface area contributed by atoms with Crippen molar-refractivity contribution in [2.45, 2.75) is 58.3 Å². The highest BCUT2D eigenvalue weighted by Crippen LogP contribution is 2.38. The van der Waals surface area contributed by atoms with E-state index >= 15 is 0 Å². The van der Waals surface area contributed by atoms with Crippen molar-refractivity contribution in [2.24, 2.45) is 0 Å². The molecule has 0 aliphatic carbocycles. The zero-order chi connectivity index (χ0) is 13.3. The van der Waals surface area contributed by atoms with Crippen molar-refractivity contribution in [2.75, 3.05) is 0 Å². The standard InChI is InChI=1S/C15H22O3/c1-4-5-10-6-7-11-8-13(17)15(2,3)18-14(11)12(10)9-16/h6-7,13,16-17H,4-5,8-9H2,1-3H3. The number of aliphatic hydroxyl groups is 2. The van der Waals surface area contributed by atoms with E-state index in [1.54, 1.807) is 0 Å². The van der Waals surface area contributed by atoms with Gasteiger partial charge in [0.1, 0.15) is 11.4 Å². The third kappa shape index (κ3) is 2.25. The van der Waals surface area contributed by atoms with Crippen LogP contribution in [0.25, 0.3) is 0 Å². The molecule has 0 saturated heterocycles. The molecule has 2 N–H and O–H groups in total. The highest BCUT2D eigenvalue weighted by molar-refractivity contribution is 5.48. The highest BCUT2D eigenvalue weighted by Gasteiger charge is 2.36. The zero-order valence-corrected chi connectivity index (χ0v) is 11.4. The maximum atomic E-state index is 10.0. The van der Waals surface area contributed by atoms with Crippen LogP contribution < -0.4 is 4.74 Å². The lowest BCUT2D eigenvalue weighted by Crippen LogP contribution is -2.46. The minimum Gasteiger partial charge on any atom is -0.484 e. The van der Waals surface area contributed by atoms with Crippen molar-refractivity contribution in [1.82, 2.24) is 0 Å². The van der Waals surface area contributed by atoms with Crippen LogP contribution in [0.5, 0.6) is 5.75 Å². The summed E-state index contributed by atoms with van der Waals surface area (Å²) in [6, 6.07) is 4.06. The molecular weight excluding hydrogens is 228 g/mol. The zero-order valence-electron chi connectivity index (χ0n) is 11.4. The number of ether oxygens (including phenoxy) is 1. The summed E-state index contributed by atoms with van der Waals surface area (Å²) in [7, 11) is 0. The van der Waals surface area contributed by atoms with Crippen molar-refractivity contribution in [3.8, 4) is 5.75 Å². The first-order chi connectivity index (χ1) is 8.49. The summed E-state index contributed by atoms with van der Waals surface area (Å²) >= 11 is 0. The molecule has 3 nitrogen and oxygen atoms in total. The van der Waals surface area contributed by atoms with Crippen LogP contribution in [-0.4, -0.2) is 21.9 Å². The van der Waals surface area contributed by atoms with Gasteiger partial charge in [0.15, 0.2) is 0 Å². The number of aryl methyl sites for hydroxylation is 1. The van der Waals surface area contributed by atoms with Gasteiger partial charge in [-0.25, -0.2) is 0 Å². The summed E-state index contributed by atoms with van der Waals surface area (Å²) in [4.78, 5) is 0. The largest absolute Gasteiger partial charge is 0.484 e. The third-order valence-electron chi connectivity index (χ3n) is 3.70. The van der Waals surface area contributed by atoms with Gasteiger partial charge in [0.2, 0.25) is 0 Å². The molecule has 0 aromatic heterocycles. The molecule has 3 heteroatoms. The molecule has 18 heavy (non-hydrogen) atoms. The molecule has 1 aromatic carbocycles. The fourth-order valence-electron chi connectivity index (χ4n) is 2.47. The van der Waals surface area contributed by atoms with Gasteiger partial charge >= 0.3 is 0 Å². The van der Waals surface area contributed by atoms with E-state index in [1.807, 2.05) is 26.0 Å². The number of hydrogen-bond acceptors (Lipinski definition) is 3. The van der Waals surface area contributed by atoms with Gasteiger partial charge in [0, 0.05) is 12.0 Å². The van der Waals surface area contributed by atoms with E-state index in [4.69, 9.17) is 4.74 Å². The van der Waals surface area contributed by atoms with Crippen LogP contribution in [0.15, 0.2) is 12.1 Å². The van der Waals surface area contributed by atoms with E-state index < -0.39 is 11.7 Å². The number of aliphatic hydroxyl groups excluding tert-OH is 2. The maximum Gasteiger partial charge on any atom is 0.129 e. The fraction of sp³-hybridized carbons (Fsp3) is 0.600. The Morgan fingerprint density at radius 1 is 1.39 bits per heavy atom. The van der Waals surface area contributed by atoms with Gasteiger partial charge in [-0.05, 0) is 31.4 Å². The van der Waals surface area contributed by atoms with Gasteiger partial charge < -0.3 is 14.9 Å². The molecular formula is C15H22O3. The van der Waals surface area contributed by atoms with Crippen molar-refractivity contribution in [3.63, 3.8) is 0 Å². The first-order valence-electron chi connectivity index (χ1n) is 6.61. The summed E-state index contributed by atoms with van der Waals surface area (Å²) in [5.74, 6) is 0.777. The summed E-state index contributed by atoms with van der Waals surface area (Å²) in [6.07, 6.45) is 2.06. The molecule has 1 heterocycles. The van der Waals surface area contributed by atoms with E-state index in [2.05, 4.69) is 6.92 Å². The average Bonchev–Trinajstić information content (AvgIpc) is 2.31. The van der Waals surface area contributed by atoms with Gasteiger partial charge in [-0.15, -0.1) is 0 Å². The topological polar surface area (TPSA) is 49.7 Å². The molecule has 0 saturated carbocycles. The molecule has 0 radical (unpaired) electrons. The molecule has 1 aliphatic heterocycles. The molecule has 100 valence electrons. The fourth-order valence-corrected chi connectivity index (χ4v) is 2.47. The molecule has 0 amide bonds. The Labute approximate surface area is 108 Å². The summed E-state index contributed by atoms with van der Waals surface area (Å²) < 4.78 is 5.93. The second kappa shape index (κ2) is 4.90. The summed E-state index contributed by atoms with van der Waals surface area (Å²) in [6.45, 7) is 5.88. The lowest BCUT2D eigenvalue weighted by molar-refractivity contribution is -0.0423. The van der Waals surface area contributed by atoms with Crippen LogP contribution in [0.4, 0.5) is 0 Å². The summed E-state index contributed by atoms with van der Waals surface area (Å²) in [5.41, 5.74) is 2.42. The molecule has 1 atom stereocenters. The Balaban J connectivity index is 2.47. The Hall–Kier alpha value is -1.06. The second-order valence-corrected chi connectivity index (χ2v) is 5.53. The number of benzene rings is 1. The predicted octanol–water partition coefficient (Wildman–Crippen LogP) is 2.21. The minimum atomic E-state index is -0.595. The number of hydrogen-bond donors (Lipinski definition) is 2. The Kier molecular flexibility index (Phi) is 3.64. The van der Waals surface area contributed by atoms with Crippen LogP contribution in [0, 0.1) is 0 Å². The third-order valence-corrected chi connectivity index (χ3v) is 3.70. The molecule has 1 aromatic rings. The first-order valence-corrected chi connectivity index (χ1v) is 6.61. The minimum absolute atomic E-state index is 0.00924. The molecule has 0 fully saturated rings. The van der Waals surface area contributed by atoms with E-state index in [0.29, 0.717) is 6.42 Å². The normalized spacial score (nSPS) is 21.3. The van der Waals surface area contributed by atoms with Crippen molar-refractivity contribution < 1.29 is 14.9 Å². The second-order valence-electron chi connectivity index (χ2n) is 5.53. The Bertz CT molecular complexity index is 438. The van der Waals surface area contributed by atoms with Crippen molar-refractivity contribution >= 4 is 0 Å². The van der Waals surface area contributed by atoms with Crippen LogP contribution in [-0.2, 0) is 19.4 Å². The quantitative estimate of drug-likeness (QED) is 0.864. The van der Waals surface area contributed by atoms with Crippen molar-refractivity contribution in [3.05, 3.63) is 28.8 Å². The molecule has 2 rings (SSSR count). The SMILES string of the molecule is CCCc1ccc2c(c1CO)OC(C)(C)C(O)C2. The lowest BCUT2D eigenvalue weighted by Gasteiger charge is -2.38. The van der Waals surface area contributed by atoms with E-state index in [0.717, 1.165) is 35.3 Å². The lowest BCUT2D eigenvalue weighted by atomic mass is 9.88. The van der Waals surface area contributed by atoms with E-state index in [1.165, 1.54) is 0 Å². The monoisotopic (exact) mass is 250 g/mol. The summed E-state index contributed by atoms with van der Waals surface area (Å²) in [5, 5.41) is 19.6. The van der Waals surface area contributed by atoms with Crippen LogP contribution >= 0.6 is 0 Å². The van der Waals surface area contributed by atoms with Gasteiger partial charge in [-0.1, -0.05) is 25.5 Å². The van der Waals surface area contributed by atoms with Crippen LogP contribution in [0.1, 0.15) is 43.9 Å². The Morgan fingerprint density at radius 3 is 2.72 bits per heavy atom. The number of fused-ring (bicyclic) bond motifs is 1. The average molecular weight is 250 g/mol. The maximum absolute atomic E-state index is 10.0. The molecule has 1 aliphatic rings. The van der Waals surface area contributed by atoms with Crippen LogP contribution in [0.3, 0.4) is 0 Å². The molecule has 0 spiro atoms. The smallest absolute Gasteiger partial charge is 0.129 e. The Morgan fingerprint density at radius 2 is 2.11 bits per heavy atom. The van der Waals surface area contributed by atoms with Gasteiger partial charge in [0.25, 0.3) is 0 Å². The van der Waals surface area contributed by atoms with Crippen molar-refractivity contribution in [1.29, 1.82) is 0 Å². The van der Waals surface area contributed by atoms with E-state index in [-0.39, 0.29) is 6.61 Å². The van der Waals surface area contributed by atoms with Gasteiger partial charge in [0.05, 0.1) is 12.7 Å². The van der Waals surface area contributed by atoms with E-state index in [9.17, 15) is 10.2 Å². The van der Waals surface area contributed by atoms with Gasteiger partial charge in [-0.3, -0.25) is 0 Å². The number of rotatable bonds is 3. The van der Waals surface area contributed by atoms with Gasteiger partial charge in [-0.2, -0.15) is 0 Å². The first kappa shape index (κ1) is 13.4. The molecule has 0 bridgehead atoms.